The zero-order valence-corrected chi connectivity index (χ0v) is 16.2. The van der Waals surface area contributed by atoms with E-state index in [9.17, 15) is 9.59 Å². The first-order valence-electron chi connectivity index (χ1n) is 8.52. The van der Waals surface area contributed by atoms with E-state index >= 15 is 0 Å². The summed E-state index contributed by atoms with van der Waals surface area (Å²) < 4.78 is 1.83. The van der Waals surface area contributed by atoms with Crippen LogP contribution in [0.1, 0.15) is 11.1 Å². The summed E-state index contributed by atoms with van der Waals surface area (Å²) in [6, 6.07) is 16.9. The summed E-state index contributed by atoms with van der Waals surface area (Å²) in [5.41, 5.74) is 2.43. The lowest BCUT2D eigenvalue weighted by Gasteiger charge is -2.13. The van der Waals surface area contributed by atoms with Gasteiger partial charge in [0.05, 0.1) is 17.5 Å². The Balaban J connectivity index is 1.67. The molecule has 0 unspecified atom stereocenters. The maximum Gasteiger partial charge on any atom is 0.293 e. The Kier molecular flexibility index (Phi) is 4.95. The van der Waals surface area contributed by atoms with Gasteiger partial charge in [0.15, 0.2) is 0 Å². The first kappa shape index (κ1) is 18.4. The highest BCUT2D eigenvalue weighted by molar-refractivity contribution is 8.18. The molecule has 0 spiro atoms. The predicted molar refractivity (Wildman–Crippen MR) is 111 cm³/mol. The van der Waals surface area contributed by atoms with Crippen LogP contribution in [-0.2, 0) is 17.9 Å². The molecule has 1 saturated heterocycles. The number of rotatable bonds is 4. The van der Waals surface area contributed by atoms with Crippen LogP contribution >= 0.6 is 23.4 Å². The van der Waals surface area contributed by atoms with Crippen molar-refractivity contribution in [3.63, 3.8) is 0 Å². The largest absolute Gasteiger partial charge is 0.333 e. The highest BCUT2D eigenvalue weighted by atomic mass is 35.5. The highest BCUT2D eigenvalue weighted by Gasteiger charge is 2.35. The van der Waals surface area contributed by atoms with Crippen molar-refractivity contribution in [3.05, 3.63) is 75.8 Å². The number of nitrogens with zero attached hydrogens (tertiary/aromatic N) is 3. The Bertz CT molecular complexity index is 1180. The minimum absolute atomic E-state index is 0.137. The van der Waals surface area contributed by atoms with Gasteiger partial charge in [-0.25, -0.2) is 0 Å². The van der Waals surface area contributed by atoms with Crippen molar-refractivity contribution in [1.82, 2.24) is 9.47 Å². The number of thioether (sulfide) groups is 1. The van der Waals surface area contributed by atoms with Crippen molar-refractivity contribution in [2.75, 3.05) is 0 Å². The SMILES string of the molecule is N#CCn1cc(/C=C2\SC(=O)N(Cc3ccccc3Cl)C2=O)c2ccccc21. The minimum Gasteiger partial charge on any atom is -0.333 e. The van der Waals surface area contributed by atoms with Crippen molar-refractivity contribution in [2.45, 2.75) is 13.1 Å². The molecule has 4 rings (SSSR count). The molecule has 7 heteroatoms. The fourth-order valence-corrected chi connectivity index (χ4v) is 4.20. The van der Waals surface area contributed by atoms with Gasteiger partial charge >= 0.3 is 0 Å². The predicted octanol–water partition coefficient (Wildman–Crippen LogP) is 5.05. The Labute approximate surface area is 170 Å². The molecule has 5 nitrogen and oxygen atoms in total. The van der Waals surface area contributed by atoms with Crippen LogP contribution in [-0.4, -0.2) is 20.6 Å². The quantitative estimate of drug-likeness (QED) is 0.567. The zero-order valence-electron chi connectivity index (χ0n) is 14.6. The molecule has 2 aromatic carbocycles. The Hall–Kier alpha value is -3.01. The molecule has 0 N–H and O–H groups in total. The van der Waals surface area contributed by atoms with E-state index in [0.29, 0.717) is 9.93 Å². The number of imide groups is 1. The van der Waals surface area contributed by atoms with Crippen LogP contribution in [0.2, 0.25) is 5.02 Å². The van der Waals surface area contributed by atoms with E-state index in [0.717, 1.165) is 33.8 Å². The van der Waals surface area contributed by atoms with Gasteiger partial charge < -0.3 is 4.57 Å². The Morgan fingerprint density at radius 1 is 1.11 bits per heavy atom. The summed E-state index contributed by atoms with van der Waals surface area (Å²) in [4.78, 5) is 26.8. The number of aromatic nitrogens is 1. The molecular weight excluding hydrogens is 394 g/mol. The lowest BCUT2D eigenvalue weighted by molar-refractivity contribution is -0.123. The lowest BCUT2D eigenvalue weighted by Crippen LogP contribution is -2.27. The molecule has 1 aliphatic heterocycles. The minimum atomic E-state index is -0.341. The monoisotopic (exact) mass is 407 g/mol. The molecule has 0 radical (unpaired) electrons. The third-order valence-corrected chi connectivity index (χ3v) is 5.78. The molecule has 0 aliphatic carbocycles. The first-order chi connectivity index (χ1) is 13.6. The zero-order chi connectivity index (χ0) is 19.7. The number of carbonyl (C=O) groups is 2. The van der Waals surface area contributed by atoms with Gasteiger partial charge in [0, 0.05) is 27.7 Å². The average Bonchev–Trinajstić information content (AvgIpc) is 3.16. The summed E-state index contributed by atoms with van der Waals surface area (Å²) in [7, 11) is 0. The number of hydrogen-bond donors (Lipinski definition) is 0. The summed E-state index contributed by atoms with van der Waals surface area (Å²) in [6.45, 7) is 0.347. The number of hydrogen-bond acceptors (Lipinski definition) is 4. The molecule has 28 heavy (non-hydrogen) atoms. The number of nitriles is 1. The second-order valence-electron chi connectivity index (χ2n) is 6.25. The van der Waals surface area contributed by atoms with Gasteiger partial charge in [0.1, 0.15) is 6.54 Å². The molecule has 0 bridgehead atoms. The molecule has 3 aromatic rings. The van der Waals surface area contributed by atoms with Crippen LogP contribution in [0, 0.1) is 11.3 Å². The summed E-state index contributed by atoms with van der Waals surface area (Å²) in [5, 5.41) is 10.2. The third kappa shape index (κ3) is 3.31. The van der Waals surface area contributed by atoms with Crippen molar-refractivity contribution in [1.29, 1.82) is 5.26 Å². The molecule has 2 amide bonds. The van der Waals surface area contributed by atoms with Crippen molar-refractivity contribution < 1.29 is 9.59 Å². The van der Waals surface area contributed by atoms with Crippen LogP contribution in [0.4, 0.5) is 4.79 Å². The molecule has 138 valence electrons. The van der Waals surface area contributed by atoms with Gasteiger partial charge in [-0.15, -0.1) is 0 Å². The molecule has 0 saturated carbocycles. The van der Waals surface area contributed by atoms with E-state index in [1.54, 1.807) is 24.3 Å². The lowest BCUT2D eigenvalue weighted by atomic mass is 10.1. The van der Waals surface area contributed by atoms with Gasteiger partial charge in [-0.05, 0) is 35.5 Å². The fraction of sp³-hybridized carbons (Fsp3) is 0.0952. The van der Waals surface area contributed by atoms with E-state index < -0.39 is 0 Å². The molecule has 2 heterocycles. The topological polar surface area (TPSA) is 66.1 Å². The standard InChI is InChI=1S/C21H14ClN3O2S/c22-17-7-3-1-5-14(17)13-25-20(26)19(28-21(25)27)11-15-12-24(10-9-23)18-8-4-2-6-16(15)18/h1-8,11-12H,10,13H2/b19-11-. The maximum absolute atomic E-state index is 12.8. The average molecular weight is 408 g/mol. The molecular formula is C21H14ClN3O2S. The second kappa shape index (κ2) is 7.55. The number of amides is 2. The molecule has 1 aliphatic rings. The van der Waals surface area contributed by atoms with Gasteiger partial charge in [0.25, 0.3) is 11.1 Å². The Morgan fingerprint density at radius 3 is 2.64 bits per heavy atom. The fourth-order valence-electron chi connectivity index (χ4n) is 3.17. The van der Waals surface area contributed by atoms with Crippen LogP contribution < -0.4 is 0 Å². The second-order valence-corrected chi connectivity index (χ2v) is 7.65. The van der Waals surface area contributed by atoms with Crippen LogP contribution in [0.25, 0.3) is 17.0 Å². The van der Waals surface area contributed by atoms with Gasteiger partial charge in [-0.2, -0.15) is 5.26 Å². The van der Waals surface area contributed by atoms with Crippen LogP contribution in [0.3, 0.4) is 0 Å². The molecule has 1 aromatic heterocycles. The van der Waals surface area contributed by atoms with Gasteiger partial charge in [-0.3, -0.25) is 14.5 Å². The number of benzene rings is 2. The van der Waals surface area contributed by atoms with Crippen molar-refractivity contribution in [3.8, 4) is 6.07 Å². The smallest absolute Gasteiger partial charge is 0.293 e. The summed E-state index contributed by atoms with van der Waals surface area (Å²) in [5.74, 6) is -0.341. The van der Waals surface area contributed by atoms with E-state index in [2.05, 4.69) is 6.07 Å². The van der Waals surface area contributed by atoms with E-state index in [4.69, 9.17) is 16.9 Å². The van der Waals surface area contributed by atoms with Crippen molar-refractivity contribution >= 4 is 51.5 Å². The summed E-state index contributed by atoms with van der Waals surface area (Å²) in [6.07, 6.45) is 3.55. The van der Waals surface area contributed by atoms with Crippen molar-refractivity contribution in [2.24, 2.45) is 0 Å². The molecule has 0 atom stereocenters. The first-order valence-corrected chi connectivity index (χ1v) is 9.71. The van der Waals surface area contributed by atoms with Gasteiger partial charge in [-0.1, -0.05) is 48.0 Å². The van der Waals surface area contributed by atoms with Crippen LogP contribution in [0.15, 0.2) is 59.6 Å². The number of halogens is 1. The normalized spacial score (nSPS) is 15.6. The maximum atomic E-state index is 12.8. The third-order valence-electron chi connectivity index (χ3n) is 4.51. The highest BCUT2D eigenvalue weighted by Crippen LogP contribution is 2.35. The van der Waals surface area contributed by atoms with Gasteiger partial charge in [0.2, 0.25) is 0 Å². The Morgan fingerprint density at radius 2 is 1.86 bits per heavy atom. The number of para-hydroxylation sites is 1. The van der Waals surface area contributed by atoms with E-state index in [1.165, 1.54) is 4.90 Å². The summed E-state index contributed by atoms with van der Waals surface area (Å²) >= 11 is 7.08. The number of fused-ring (bicyclic) bond motifs is 1. The van der Waals surface area contributed by atoms with Crippen LogP contribution in [0.5, 0.6) is 0 Å². The van der Waals surface area contributed by atoms with E-state index in [-0.39, 0.29) is 24.2 Å². The van der Waals surface area contributed by atoms with E-state index in [1.807, 2.05) is 41.1 Å². The number of carbonyl (C=O) groups excluding carboxylic acids is 2. The molecule has 1 fully saturated rings.